The van der Waals surface area contributed by atoms with Gasteiger partial charge in [-0.3, -0.25) is 0 Å². The molecule has 1 N–H and O–H groups in total. The Hall–Kier alpha value is -1.18. The maximum Gasteiger partial charge on any atom is 0.127 e. The predicted octanol–water partition coefficient (Wildman–Crippen LogP) is 5.82. The summed E-state index contributed by atoms with van der Waals surface area (Å²) in [5.74, 6) is 3.18. The van der Waals surface area contributed by atoms with E-state index in [0.29, 0.717) is 23.5 Å². The zero-order valence-corrected chi connectivity index (χ0v) is 15.2. The second-order valence-corrected chi connectivity index (χ2v) is 8.29. The highest BCUT2D eigenvalue weighted by Crippen LogP contribution is 2.55. The smallest absolute Gasteiger partial charge is 0.127 e. The molecule has 0 spiro atoms. The highest BCUT2D eigenvalue weighted by Gasteiger charge is 2.46. The summed E-state index contributed by atoms with van der Waals surface area (Å²) in [4.78, 5) is 0. The van der Waals surface area contributed by atoms with Gasteiger partial charge in [-0.15, -0.1) is 0 Å². The second kappa shape index (κ2) is 6.37. The Bertz CT molecular complexity index is 563. The first kappa shape index (κ1) is 16.7. The van der Waals surface area contributed by atoms with Crippen LogP contribution in [0.1, 0.15) is 83.3 Å². The second-order valence-electron chi connectivity index (χ2n) is 8.29. The van der Waals surface area contributed by atoms with Gasteiger partial charge < -0.3 is 9.84 Å². The number of ether oxygens (including phenoxy) is 1. The minimum absolute atomic E-state index is 0.0441. The molecule has 2 bridgehead atoms. The van der Waals surface area contributed by atoms with Crippen molar-refractivity contribution >= 4 is 0 Å². The molecule has 2 nitrogen and oxygen atoms in total. The van der Waals surface area contributed by atoms with Crippen molar-refractivity contribution in [2.24, 2.45) is 11.8 Å². The number of aromatic hydroxyl groups is 1. The molecular formula is C21H32O2. The first-order valence-electron chi connectivity index (χ1n) is 9.48. The van der Waals surface area contributed by atoms with Gasteiger partial charge in [-0.2, -0.15) is 0 Å². The molecule has 128 valence electrons. The normalized spacial score (nSPS) is 29.3. The van der Waals surface area contributed by atoms with Gasteiger partial charge in [0, 0.05) is 5.56 Å². The van der Waals surface area contributed by atoms with Crippen LogP contribution in [0.2, 0.25) is 0 Å². The molecule has 2 aliphatic rings. The molecule has 1 aliphatic heterocycles. The van der Waals surface area contributed by atoms with Crippen LogP contribution in [0, 0.1) is 11.8 Å². The summed E-state index contributed by atoms with van der Waals surface area (Å²) in [5.41, 5.74) is 2.26. The minimum Gasteiger partial charge on any atom is -0.508 e. The zero-order chi connectivity index (χ0) is 16.6. The van der Waals surface area contributed by atoms with E-state index < -0.39 is 0 Å². The molecule has 0 aromatic heterocycles. The summed E-state index contributed by atoms with van der Waals surface area (Å²) in [6.45, 7) is 9.11. The third kappa shape index (κ3) is 3.22. The molecular weight excluding hydrogens is 284 g/mol. The number of fused-ring (bicyclic) bond motifs is 4. The molecule has 3 rings (SSSR count). The Balaban J connectivity index is 1.94. The van der Waals surface area contributed by atoms with Crippen LogP contribution in [0.5, 0.6) is 11.5 Å². The summed E-state index contributed by atoms with van der Waals surface area (Å²) in [6.07, 6.45) is 8.07. The number of phenols is 1. The summed E-state index contributed by atoms with van der Waals surface area (Å²) >= 11 is 0. The van der Waals surface area contributed by atoms with Crippen molar-refractivity contribution in [1.29, 1.82) is 0 Å². The Morgan fingerprint density at radius 2 is 2.09 bits per heavy atom. The van der Waals surface area contributed by atoms with E-state index in [0.717, 1.165) is 30.6 Å². The van der Waals surface area contributed by atoms with Crippen molar-refractivity contribution in [3.8, 4) is 11.5 Å². The van der Waals surface area contributed by atoms with Gasteiger partial charge in [-0.1, -0.05) is 33.6 Å². The summed E-state index contributed by atoms with van der Waals surface area (Å²) in [7, 11) is 0. The van der Waals surface area contributed by atoms with Crippen LogP contribution in [0.3, 0.4) is 0 Å². The fraction of sp³-hybridized carbons (Fsp3) is 0.714. The van der Waals surface area contributed by atoms with E-state index >= 15 is 0 Å². The van der Waals surface area contributed by atoms with Crippen LogP contribution in [-0.4, -0.2) is 10.7 Å². The first-order valence-corrected chi connectivity index (χ1v) is 9.48. The Morgan fingerprint density at radius 3 is 2.78 bits per heavy atom. The van der Waals surface area contributed by atoms with Crippen LogP contribution in [0.15, 0.2) is 12.1 Å². The lowest BCUT2D eigenvalue weighted by molar-refractivity contribution is -0.00866. The third-order valence-corrected chi connectivity index (χ3v) is 6.01. The quantitative estimate of drug-likeness (QED) is 0.694. The molecule has 1 aliphatic carbocycles. The number of hydrogen-bond donors (Lipinski definition) is 1. The monoisotopic (exact) mass is 316 g/mol. The third-order valence-electron chi connectivity index (χ3n) is 6.01. The van der Waals surface area contributed by atoms with Crippen LogP contribution in [-0.2, 0) is 6.42 Å². The lowest BCUT2D eigenvalue weighted by Crippen LogP contribution is -2.45. The summed E-state index contributed by atoms with van der Waals surface area (Å²) in [5, 5.41) is 10.7. The van der Waals surface area contributed by atoms with E-state index in [2.05, 4.69) is 33.8 Å². The van der Waals surface area contributed by atoms with E-state index in [1.54, 1.807) is 0 Å². The standard InChI is InChI=1S/C21H32O2/c1-5-6-7-8-15-11-18(22)20-17-13-21(4,23-19(20)12-15)10-9-16(17)14(2)3/h11-12,14,16-17,22H,5-10,13H2,1-4H3/t16-,17-,21+/m0/s1. The maximum absolute atomic E-state index is 10.7. The lowest BCUT2D eigenvalue weighted by Gasteiger charge is -2.49. The van der Waals surface area contributed by atoms with Gasteiger partial charge in [-0.05, 0) is 74.5 Å². The largest absolute Gasteiger partial charge is 0.508 e. The number of phenolic OH excluding ortho intramolecular Hbond substituents is 1. The summed E-state index contributed by atoms with van der Waals surface area (Å²) in [6, 6.07) is 4.20. The van der Waals surface area contributed by atoms with Gasteiger partial charge in [0.1, 0.15) is 17.1 Å². The van der Waals surface area contributed by atoms with Gasteiger partial charge in [0.25, 0.3) is 0 Å². The molecule has 1 aromatic rings. The molecule has 1 heterocycles. The Morgan fingerprint density at radius 1 is 1.30 bits per heavy atom. The molecule has 1 saturated carbocycles. The fourth-order valence-corrected chi connectivity index (χ4v) is 4.71. The van der Waals surface area contributed by atoms with Crippen molar-refractivity contribution < 1.29 is 9.84 Å². The topological polar surface area (TPSA) is 29.5 Å². The molecule has 0 unspecified atom stereocenters. The molecule has 23 heavy (non-hydrogen) atoms. The maximum atomic E-state index is 10.7. The van der Waals surface area contributed by atoms with Crippen molar-refractivity contribution in [3.05, 3.63) is 23.3 Å². The molecule has 0 radical (unpaired) electrons. The van der Waals surface area contributed by atoms with Crippen LogP contribution in [0.4, 0.5) is 0 Å². The van der Waals surface area contributed by atoms with Crippen LogP contribution in [0.25, 0.3) is 0 Å². The van der Waals surface area contributed by atoms with Gasteiger partial charge >= 0.3 is 0 Å². The van der Waals surface area contributed by atoms with Crippen LogP contribution < -0.4 is 4.74 Å². The minimum atomic E-state index is -0.0441. The van der Waals surface area contributed by atoms with Crippen molar-refractivity contribution in [1.82, 2.24) is 0 Å². The van der Waals surface area contributed by atoms with Gasteiger partial charge in [0.2, 0.25) is 0 Å². The Labute approximate surface area is 141 Å². The summed E-state index contributed by atoms with van der Waals surface area (Å²) < 4.78 is 6.39. The number of benzene rings is 1. The van der Waals surface area contributed by atoms with Gasteiger partial charge in [-0.25, -0.2) is 0 Å². The van der Waals surface area contributed by atoms with Crippen LogP contribution >= 0.6 is 0 Å². The molecule has 1 fully saturated rings. The molecule has 0 amide bonds. The van der Waals surface area contributed by atoms with Gasteiger partial charge in [0.15, 0.2) is 0 Å². The van der Waals surface area contributed by atoms with E-state index in [1.807, 2.05) is 6.07 Å². The average Bonchev–Trinajstić information content (AvgIpc) is 2.46. The SMILES string of the molecule is CCCCCc1cc(O)c2c(c1)O[C@]1(C)CC[C@@H](C(C)C)[C@@H]2C1. The Kier molecular flexibility index (Phi) is 4.62. The van der Waals surface area contributed by atoms with Crippen molar-refractivity contribution in [3.63, 3.8) is 0 Å². The van der Waals surface area contributed by atoms with E-state index in [9.17, 15) is 5.11 Å². The fourth-order valence-electron chi connectivity index (χ4n) is 4.71. The van der Waals surface area contributed by atoms with E-state index in [1.165, 1.54) is 31.2 Å². The van der Waals surface area contributed by atoms with Crippen molar-refractivity contribution in [2.75, 3.05) is 0 Å². The number of rotatable bonds is 5. The number of hydrogen-bond acceptors (Lipinski definition) is 2. The predicted molar refractivity (Wildman–Crippen MR) is 95.3 cm³/mol. The average molecular weight is 316 g/mol. The highest BCUT2D eigenvalue weighted by molar-refractivity contribution is 5.52. The molecule has 0 saturated heterocycles. The van der Waals surface area contributed by atoms with Gasteiger partial charge in [0.05, 0.1) is 0 Å². The molecule has 3 atom stereocenters. The zero-order valence-electron chi connectivity index (χ0n) is 15.2. The van der Waals surface area contributed by atoms with Crippen molar-refractivity contribution in [2.45, 2.75) is 84.2 Å². The first-order chi connectivity index (χ1) is 10.9. The number of aryl methyl sites for hydroxylation is 1. The van der Waals surface area contributed by atoms with E-state index in [-0.39, 0.29) is 5.60 Å². The lowest BCUT2D eigenvalue weighted by atomic mass is 9.64. The molecule has 2 heteroatoms. The van der Waals surface area contributed by atoms with E-state index in [4.69, 9.17) is 4.74 Å². The number of unbranched alkanes of at least 4 members (excludes halogenated alkanes) is 2. The highest BCUT2D eigenvalue weighted by atomic mass is 16.5. The molecule has 1 aromatic carbocycles.